The minimum absolute atomic E-state index is 0.0613. The molecule has 0 amide bonds. The molecule has 0 fully saturated rings. The molecule has 25 heavy (non-hydrogen) atoms. The molecule has 128 valence electrons. The van der Waals surface area contributed by atoms with Crippen molar-refractivity contribution in [3.05, 3.63) is 73.7 Å². The summed E-state index contributed by atoms with van der Waals surface area (Å²) in [5, 5.41) is 0.431. The maximum atomic E-state index is 12.2. The van der Waals surface area contributed by atoms with Gasteiger partial charge in [0.15, 0.2) is 0 Å². The summed E-state index contributed by atoms with van der Waals surface area (Å²) in [6.45, 7) is 1.66. The van der Waals surface area contributed by atoms with E-state index in [9.17, 15) is 9.59 Å². The fourth-order valence-electron chi connectivity index (χ4n) is 2.35. The average Bonchev–Trinajstić information content (AvgIpc) is 2.57. The Balaban J connectivity index is 1.87. The number of aromatic nitrogens is 2. The molecule has 0 unspecified atom stereocenters. The number of halogens is 2. The van der Waals surface area contributed by atoms with Gasteiger partial charge in [0.25, 0.3) is 5.56 Å². The smallest absolute Gasteiger partial charge is 0.340 e. The van der Waals surface area contributed by atoms with Gasteiger partial charge in [0.1, 0.15) is 12.3 Å². The average molecular weight is 378 g/mol. The Kier molecular flexibility index (Phi) is 4.65. The molecule has 0 aliphatic heterocycles. The summed E-state index contributed by atoms with van der Waals surface area (Å²) < 4.78 is 6.63. The largest absolute Gasteiger partial charge is 0.456 e. The van der Waals surface area contributed by atoms with Crippen LogP contribution in [-0.4, -0.2) is 15.4 Å². The molecule has 0 radical (unpaired) electrons. The van der Waals surface area contributed by atoms with Crippen molar-refractivity contribution in [3.63, 3.8) is 0 Å². The number of anilines is 1. The van der Waals surface area contributed by atoms with Crippen LogP contribution < -0.4 is 11.3 Å². The Bertz CT molecular complexity index is 1050. The molecule has 3 aromatic rings. The SMILES string of the molecule is Cc1cccn2c(=O)cc(COC(=O)c3cc(Cl)cc(Cl)c3N)nc12. The number of hydrogen-bond acceptors (Lipinski definition) is 5. The first kappa shape index (κ1) is 17.3. The first-order valence-corrected chi connectivity index (χ1v) is 8.02. The number of nitrogens with two attached hydrogens (primary N) is 1. The van der Waals surface area contributed by atoms with Crippen LogP contribution in [0.5, 0.6) is 0 Å². The van der Waals surface area contributed by atoms with Gasteiger partial charge in [-0.15, -0.1) is 0 Å². The number of carbonyl (C=O) groups is 1. The number of benzene rings is 1. The number of aryl methyl sites for hydroxylation is 1. The molecule has 0 atom stereocenters. The Hall–Kier alpha value is -2.57. The maximum absolute atomic E-state index is 12.2. The number of ether oxygens (including phenoxy) is 1. The predicted octanol–water partition coefficient (Wildman–Crippen LogP) is 3.25. The van der Waals surface area contributed by atoms with E-state index in [1.807, 2.05) is 13.0 Å². The van der Waals surface area contributed by atoms with Crippen LogP contribution in [0.3, 0.4) is 0 Å². The number of nitrogens with zero attached hydrogens (tertiary/aromatic N) is 2. The van der Waals surface area contributed by atoms with Crippen molar-refractivity contribution >= 4 is 40.5 Å². The first-order chi connectivity index (χ1) is 11.9. The Morgan fingerprint density at radius 1 is 1.32 bits per heavy atom. The fraction of sp³-hybridized carbons (Fsp3) is 0.118. The zero-order valence-corrected chi connectivity index (χ0v) is 14.6. The summed E-state index contributed by atoms with van der Waals surface area (Å²) in [4.78, 5) is 28.7. The lowest BCUT2D eigenvalue weighted by Gasteiger charge is -2.09. The number of esters is 1. The molecule has 8 heteroatoms. The highest BCUT2D eigenvalue weighted by atomic mass is 35.5. The summed E-state index contributed by atoms with van der Waals surface area (Å²) in [5.74, 6) is -0.700. The molecule has 0 spiro atoms. The second-order valence-electron chi connectivity index (χ2n) is 5.40. The van der Waals surface area contributed by atoms with Gasteiger partial charge in [0, 0.05) is 17.3 Å². The van der Waals surface area contributed by atoms with Crippen molar-refractivity contribution in [2.45, 2.75) is 13.5 Å². The number of carbonyl (C=O) groups excluding carboxylic acids is 1. The van der Waals surface area contributed by atoms with Crippen LogP contribution in [0.2, 0.25) is 10.0 Å². The highest BCUT2D eigenvalue weighted by Crippen LogP contribution is 2.28. The summed E-state index contributed by atoms with van der Waals surface area (Å²) in [5.41, 5.74) is 7.33. The van der Waals surface area contributed by atoms with E-state index >= 15 is 0 Å². The van der Waals surface area contributed by atoms with Gasteiger partial charge < -0.3 is 10.5 Å². The Morgan fingerprint density at radius 2 is 2.08 bits per heavy atom. The third-order valence-electron chi connectivity index (χ3n) is 3.60. The highest BCUT2D eigenvalue weighted by molar-refractivity contribution is 6.37. The van der Waals surface area contributed by atoms with Crippen LogP contribution in [-0.2, 0) is 11.3 Å². The lowest BCUT2D eigenvalue weighted by Crippen LogP contribution is -2.17. The van der Waals surface area contributed by atoms with E-state index in [0.717, 1.165) is 5.56 Å². The lowest BCUT2D eigenvalue weighted by molar-refractivity contribution is 0.0469. The van der Waals surface area contributed by atoms with Gasteiger partial charge in [-0.2, -0.15) is 0 Å². The predicted molar refractivity (Wildman–Crippen MR) is 96.2 cm³/mol. The van der Waals surface area contributed by atoms with Gasteiger partial charge in [-0.05, 0) is 30.7 Å². The number of hydrogen-bond donors (Lipinski definition) is 1. The van der Waals surface area contributed by atoms with E-state index in [2.05, 4.69) is 4.98 Å². The highest BCUT2D eigenvalue weighted by Gasteiger charge is 2.16. The van der Waals surface area contributed by atoms with Gasteiger partial charge in [-0.3, -0.25) is 9.20 Å². The molecule has 0 saturated carbocycles. The van der Waals surface area contributed by atoms with Crippen molar-refractivity contribution in [1.29, 1.82) is 0 Å². The van der Waals surface area contributed by atoms with Crippen molar-refractivity contribution in [2.75, 3.05) is 5.73 Å². The van der Waals surface area contributed by atoms with Crippen molar-refractivity contribution in [2.24, 2.45) is 0 Å². The Labute approximate surface area is 152 Å². The third kappa shape index (κ3) is 3.45. The normalized spacial score (nSPS) is 10.8. The molecular weight excluding hydrogens is 365 g/mol. The monoisotopic (exact) mass is 377 g/mol. The molecule has 0 bridgehead atoms. The van der Waals surface area contributed by atoms with Crippen LogP contribution in [0, 0.1) is 6.92 Å². The summed E-state index contributed by atoms with van der Waals surface area (Å²) in [6.07, 6.45) is 1.63. The summed E-state index contributed by atoms with van der Waals surface area (Å²) >= 11 is 11.8. The minimum Gasteiger partial charge on any atom is -0.456 e. The van der Waals surface area contributed by atoms with Crippen molar-refractivity contribution in [1.82, 2.24) is 9.38 Å². The van der Waals surface area contributed by atoms with Crippen molar-refractivity contribution < 1.29 is 9.53 Å². The molecule has 1 aromatic carbocycles. The van der Waals surface area contributed by atoms with E-state index in [4.69, 9.17) is 33.7 Å². The number of rotatable bonds is 3. The van der Waals surface area contributed by atoms with E-state index in [0.29, 0.717) is 11.3 Å². The topological polar surface area (TPSA) is 86.7 Å². The van der Waals surface area contributed by atoms with Gasteiger partial charge >= 0.3 is 5.97 Å². The second kappa shape index (κ2) is 6.74. The van der Waals surface area contributed by atoms with Crippen LogP contribution in [0.15, 0.2) is 41.3 Å². The molecule has 6 nitrogen and oxygen atoms in total. The third-order valence-corrected chi connectivity index (χ3v) is 4.14. The molecule has 0 saturated heterocycles. The Morgan fingerprint density at radius 3 is 2.84 bits per heavy atom. The van der Waals surface area contributed by atoms with Crippen LogP contribution >= 0.6 is 23.2 Å². The molecular formula is C17H13Cl2N3O3. The molecule has 2 N–H and O–H groups in total. The van der Waals surface area contributed by atoms with Crippen LogP contribution in [0.4, 0.5) is 5.69 Å². The van der Waals surface area contributed by atoms with Crippen LogP contribution in [0.25, 0.3) is 5.65 Å². The summed E-state index contributed by atoms with van der Waals surface area (Å²) in [6, 6.07) is 7.72. The molecule has 3 rings (SSSR count). The van der Waals surface area contributed by atoms with E-state index in [1.54, 1.807) is 12.3 Å². The maximum Gasteiger partial charge on any atom is 0.340 e. The standard InChI is InChI=1S/C17H13Cl2N3O3/c1-9-3-2-4-22-14(23)7-11(21-16(9)22)8-25-17(24)12-5-10(18)6-13(19)15(12)20/h2-7H,8,20H2,1H3. The van der Waals surface area contributed by atoms with Crippen molar-refractivity contribution in [3.8, 4) is 0 Å². The van der Waals surface area contributed by atoms with Gasteiger partial charge in [-0.1, -0.05) is 29.3 Å². The van der Waals surface area contributed by atoms with Gasteiger partial charge in [0.05, 0.1) is 22.0 Å². The zero-order chi connectivity index (χ0) is 18.1. The summed E-state index contributed by atoms with van der Waals surface area (Å²) in [7, 11) is 0. The number of fused-ring (bicyclic) bond motifs is 1. The van der Waals surface area contributed by atoms with E-state index < -0.39 is 5.97 Å². The van der Waals surface area contributed by atoms with Gasteiger partial charge in [-0.25, -0.2) is 9.78 Å². The minimum atomic E-state index is -0.700. The van der Waals surface area contributed by atoms with Gasteiger partial charge in [0.2, 0.25) is 0 Å². The van der Waals surface area contributed by atoms with E-state index in [1.165, 1.54) is 22.6 Å². The molecule has 0 aliphatic rings. The number of nitrogen functional groups attached to an aromatic ring is 1. The van der Waals surface area contributed by atoms with Crippen LogP contribution in [0.1, 0.15) is 21.6 Å². The van der Waals surface area contributed by atoms with E-state index in [-0.39, 0.29) is 33.5 Å². The zero-order valence-electron chi connectivity index (χ0n) is 13.1. The molecule has 0 aliphatic carbocycles. The quantitative estimate of drug-likeness (QED) is 0.559. The number of pyridine rings is 1. The fourth-order valence-corrected chi connectivity index (χ4v) is 2.85. The molecule has 2 heterocycles. The molecule has 2 aromatic heterocycles. The lowest BCUT2D eigenvalue weighted by atomic mass is 10.2. The second-order valence-corrected chi connectivity index (χ2v) is 6.24. The first-order valence-electron chi connectivity index (χ1n) is 7.26.